The quantitative estimate of drug-likeness (QED) is 0.427. The van der Waals surface area contributed by atoms with Gasteiger partial charge in [-0.1, -0.05) is 27.7 Å². The van der Waals surface area contributed by atoms with Crippen LogP contribution >= 0.6 is 0 Å². The van der Waals surface area contributed by atoms with Gasteiger partial charge in [-0.2, -0.15) is 0 Å². The lowest BCUT2D eigenvalue weighted by Gasteiger charge is -2.24. The standard InChI is InChI=1S/C14H19N.C12H15N.2C2H6/c1-10-11-6-2-4-8-13(11)15-14-9-5-3-7-12(10)14;1-8-9-4-2-6-11(9)13-12-7-3-5-10(8)12;2*1-2/h2-9H2,1H3;2-7H2,1H3;2*1-2H3. The van der Waals surface area contributed by atoms with Crippen LogP contribution in [0.3, 0.4) is 0 Å². The minimum absolute atomic E-state index is 1.23. The molecule has 0 aromatic carbocycles. The molecule has 176 valence electrons. The van der Waals surface area contributed by atoms with Gasteiger partial charge in [0.2, 0.25) is 0 Å². The molecule has 4 aliphatic rings. The Bertz CT molecular complexity index is 844. The van der Waals surface area contributed by atoms with Gasteiger partial charge in [-0.05, 0) is 137 Å². The van der Waals surface area contributed by atoms with E-state index in [2.05, 4.69) is 13.8 Å². The van der Waals surface area contributed by atoms with Crippen LogP contribution in [-0.4, -0.2) is 9.97 Å². The van der Waals surface area contributed by atoms with Gasteiger partial charge in [0, 0.05) is 22.8 Å². The van der Waals surface area contributed by atoms with Gasteiger partial charge in [0.1, 0.15) is 0 Å². The highest BCUT2D eigenvalue weighted by atomic mass is 14.7. The van der Waals surface area contributed by atoms with E-state index < -0.39 is 0 Å². The van der Waals surface area contributed by atoms with Crippen molar-refractivity contribution in [3.05, 3.63) is 56.2 Å². The lowest BCUT2D eigenvalue weighted by molar-refractivity contribution is 0.621. The second-order valence-electron chi connectivity index (χ2n) is 9.30. The topological polar surface area (TPSA) is 25.8 Å². The molecule has 0 spiro atoms. The number of rotatable bonds is 0. The van der Waals surface area contributed by atoms with Crippen LogP contribution in [0.15, 0.2) is 0 Å². The lowest BCUT2D eigenvalue weighted by atomic mass is 9.85. The van der Waals surface area contributed by atoms with Crippen molar-refractivity contribution in [2.75, 3.05) is 0 Å². The maximum Gasteiger partial charge on any atom is 0.0441 e. The Kier molecular flexibility index (Phi) is 9.32. The average Bonchev–Trinajstić information content (AvgIpc) is 3.53. The Morgan fingerprint density at radius 1 is 0.375 bits per heavy atom. The van der Waals surface area contributed by atoms with E-state index in [-0.39, 0.29) is 0 Å². The number of aromatic nitrogens is 2. The molecule has 0 saturated carbocycles. The molecule has 2 heteroatoms. The lowest BCUT2D eigenvalue weighted by Crippen LogP contribution is -2.15. The maximum atomic E-state index is 4.91. The molecule has 32 heavy (non-hydrogen) atoms. The van der Waals surface area contributed by atoms with E-state index in [9.17, 15) is 0 Å². The van der Waals surface area contributed by atoms with Crippen molar-refractivity contribution in [1.82, 2.24) is 9.97 Å². The fraction of sp³-hybridized carbons (Fsp3) is 0.667. The zero-order valence-electron chi connectivity index (χ0n) is 21.8. The second kappa shape index (κ2) is 12.0. The zero-order chi connectivity index (χ0) is 23.1. The number of hydrogen-bond donors (Lipinski definition) is 0. The molecular formula is C30H46N2. The SMILES string of the molecule is CC.CC.Cc1c2c(nc3c1CCC3)CCC2.Cc1c2c(nc3c1CCCC3)CCCC2. The van der Waals surface area contributed by atoms with E-state index in [1.807, 2.05) is 27.7 Å². The van der Waals surface area contributed by atoms with Crippen LogP contribution in [0.2, 0.25) is 0 Å². The summed E-state index contributed by atoms with van der Waals surface area (Å²) in [4.78, 5) is 9.71. The van der Waals surface area contributed by atoms with Crippen molar-refractivity contribution in [2.45, 2.75) is 131 Å². The predicted molar refractivity (Wildman–Crippen MR) is 138 cm³/mol. The Labute approximate surface area is 197 Å². The molecule has 0 atom stereocenters. The van der Waals surface area contributed by atoms with Gasteiger partial charge >= 0.3 is 0 Å². The predicted octanol–water partition coefficient (Wildman–Crippen LogP) is 7.57. The van der Waals surface area contributed by atoms with Gasteiger partial charge < -0.3 is 0 Å². The Morgan fingerprint density at radius 3 is 0.969 bits per heavy atom. The first-order valence-corrected chi connectivity index (χ1v) is 13.7. The first kappa shape index (κ1) is 24.9. The van der Waals surface area contributed by atoms with Crippen molar-refractivity contribution < 1.29 is 0 Å². The summed E-state index contributed by atoms with van der Waals surface area (Å²) < 4.78 is 0. The summed E-state index contributed by atoms with van der Waals surface area (Å²) in [5, 5.41) is 0. The number of hydrogen-bond acceptors (Lipinski definition) is 2. The van der Waals surface area contributed by atoms with Gasteiger partial charge in [-0.25, -0.2) is 0 Å². The molecule has 4 aliphatic carbocycles. The van der Waals surface area contributed by atoms with Crippen LogP contribution in [0, 0.1) is 13.8 Å². The van der Waals surface area contributed by atoms with Crippen LogP contribution in [0.1, 0.15) is 122 Å². The van der Waals surface area contributed by atoms with E-state index in [1.54, 1.807) is 33.4 Å². The van der Waals surface area contributed by atoms with E-state index in [0.29, 0.717) is 0 Å². The van der Waals surface area contributed by atoms with Gasteiger partial charge in [0.15, 0.2) is 0 Å². The third-order valence-corrected chi connectivity index (χ3v) is 7.61. The molecule has 0 aliphatic heterocycles. The third-order valence-electron chi connectivity index (χ3n) is 7.61. The summed E-state index contributed by atoms with van der Waals surface area (Å²) in [7, 11) is 0. The summed E-state index contributed by atoms with van der Waals surface area (Å²) in [6.45, 7) is 12.6. The summed E-state index contributed by atoms with van der Waals surface area (Å²) in [5.41, 5.74) is 15.2. The van der Waals surface area contributed by atoms with E-state index >= 15 is 0 Å². The molecule has 0 bridgehead atoms. The minimum atomic E-state index is 1.23. The van der Waals surface area contributed by atoms with E-state index in [0.717, 1.165) is 0 Å². The van der Waals surface area contributed by atoms with Crippen molar-refractivity contribution >= 4 is 0 Å². The molecule has 0 radical (unpaired) electrons. The molecule has 0 N–H and O–H groups in total. The molecule has 2 aromatic rings. The summed E-state index contributed by atoms with van der Waals surface area (Å²) in [6, 6.07) is 0. The molecule has 2 aromatic heterocycles. The van der Waals surface area contributed by atoms with Crippen LogP contribution < -0.4 is 0 Å². The highest BCUT2D eigenvalue weighted by Gasteiger charge is 2.23. The molecule has 6 rings (SSSR count). The Morgan fingerprint density at radius 2 is 0.625 bits per heavy atom. The molecule has 0 saturated heterocycles. The monoisotopic (exact) mass is 434 g/mol. The Hall–Kier alpha value is -1.70. The normalized spacial score (nSPS) is 17.2. The van der Waals surface area contributed by atoms with Gasteiger partial charge in [-0.15, -0.1) is 0 Å². The first-order chi connectivity index (χ1) is 15.7. The summed E-state index contributed by atoms with van der Waals surface area (Å²) in [6.07, 6.45) is 18.1. The smallest absolute Gasteiger partial charge is 0.0441 e. The summed E-state index contributed by atoms with van der Waals surface area (Å²) >= 11 is 0. The highest BCUT2D eigenvalue weighted by molar-refractivity contribution is 5.44. The molecular weight excluding hydrogens is 388 g/mol. The minimum Gasteiger partial charge on any atom is -0.257 e. The fourth-order valence-corrected chi connectivity index (χ4v) is 6.03. The Balaban J connectivity index is 0.000000158. The maximum absolute atomic E-state index is 4.91. The third kappa shape index (κ3) is 5.10. The fourth-order valence-electron chi connectivity index (χ4n) is 6.03. The summed E-state index contributed by atoms with van der Waals surface area (Å²) in [5.74, 6) is 0. The first-order valence-electron chi connectivity index (χ1n) is 13.7. The largest absolute Gasteiger partial charge is 0.257 e. The second-order valence-corrected chi connectivity index (χ2v) is 9.30. The van der Waals surface area contributed by atoms with Crippen LogP contribution in [0.5, 0.6) is 0 Å². The zero-order valence-corrected chi connectivity index (χ0v) is 21.8. The van der Waals surface area contributed by atoms with Gasteiger partial charge in [0.25, 0.3) is 0 Å². The molecule has 2 heterocycles. The van der Waals surface area contributed by atoms with Gasteiger partial charge in [-0.3, -0.25) is 9.97 Å². The molecule has 0 amide bonds. The van der Waals surface area contributed by atoms with Crippen LogP contribution in [0.25, 0.3) is 0 Å². The number of fused-ring (bicyclic) bond motifs is 4. The van der Waals surface area contributed by atoms with Gasteiger partial charge in [0.05, 0.1) is 0 Å². The number of pyridine rings is 2. The average molecular weight is 435 g/mol. The van der Waals surface area contributed by atoms with E-state index in [4.69, 9.17) is 9.97 Å². The van der Waals surface area contributed by atoms with Crippen molar-refractivity contribution in [2.24, 2.45) is 0 Å². The van der Waals surface area contributed by atoms with Crippen LogP contribution in [0.4, 0.5) is 0 Å². The van der Waals surface area contributed by atoms with E-state index in [1.165, 1.54) is 113 Å². The highest BCUT2D eigenvalue weighted by Crippen LogP contribution is 2.32. The molecule has 0 fully saturated rings. The van der Waals surface area contributed by atoms with Crippen molar-refractivity contribution in [3.63, 3.8) is 0 Å². The van der Waals surface area contributed by atoms with Crippen LogP contribution in [-0.2, 0) is 51.4 Å². The van der Waals surface area contributed by atoms with Crippen molar-refractivity contribution in [3.8, 4) is 0 Å². The number of aryl methyl sites for hydroxylation is 4. The van der Waals surface area contributed by atoms with Crippen molar-refractivity contribution in [1.29, 1.82) is 0 Å². The molecule has 0 unspecified atom stereocenters. The number of nitrogens with zero attached hydrogens (tertiary/aromatic N) is 2. The molecule has 2 nitrogen and oxygen atoms in total.